The van der Waals surface area contributed by atoms with Gasteiger partial charge in [0.2, 0.25) is 0 Å². The average molecular weight is 256 g/mol. The lowest BCUT2D eigenvalue weighted by atomic mass is 10.2. The Labute approximate surface area is 114 Å². The van der Waals surface area contributed by atoms with Crippen LogP contribution >= 0.6 is 0 Å². The van der Waals surface area contributed by atoms with E-state index in [0.717, 1.165) is 30.0 Å². The van der Waals surface area contributed by atoms with Gasteiger partial charge in [0.15, 0.2) is 0 Å². The van der Waals surface area contributed by atoms with Gasteiger partial charge in [-0.05, 0) is 37.1 Å². The van der Waals surface area contributed by atoms with E-state index in [1.165, 1.54) is 0 Å². The molecule has 1 N–H and O–H groups in total. The first-order valence-electron chi connectivity index (χ1n) is 6.67. The largest absolute Gasteiger partial charge is 0.491 e. The van der Waals surface area contributed by atoms with Crippen LogP contribution in [0, 0.1) is 0 Å². The zero-order valence-electron chi connectivity index (χ0n) is 11.5. The molecule has 0 saturated carbocycles. The maximum absolute atomic E-state index is 5.80. The van der Waals surface area contributed by atoms with Crippen molar-refractivity contribution in [3.63, 3.8) is 0 Å². The predicted octanol–water partition coefficient (Wildman–Crippen LogP) is 3.87. The highest BCUT2D eigenvalue weighted by Gasteiger charge is 2.02. The van der Waals surface area contributed by atoms with Crippen molar-refractivity contribution in [2.75, 3.05) is 5.32 Å². The van der Waals surface area contributed by atoms with Gasteiger partial charge in [0.1, 0.15) is 5.75 Å². The van der Waals surface area contributed by atoms with E-state index in [4.69, 9.17) is 4.74 Å². The van der Waals surface area contributed by atoms with Crippen LogP contribution in [0.1, 0.15) is 25.8 Å². The summed E-state index contributed by atoms with van der Waals surface area (Å²) in [7, 11) is 0. The zero-order chi connectivity index (χ0) is 13.5. The molecule has 2 rings (SSSR count). The van der Waals surface area contributed by atoms with Crippen LogP contribution in [0.2, 0.25) is 0 Å². The standard InChI is InChI=1S/C16H20N2O/c1-3-13(2)19-16-8-4-7-15(10-16)18-12-14-6-5-9-17-11-14/h4-11,13,18H,3,12H2,1-2H3. The Morgan fingerprint density at radius 1 is 1.26 bits per heavy atom. The summed E-state index contributed by atoms with van der Waals surface area (Å²) in [6.45, 7) is 4.96. The van der Waals surface area contributed by atoms with Gasteiger partial charge in [0.05, 0.1) is 6.10 Å². The summed E-state index contributed by atoms with van der Waals surface area (Å²) < 4.78 is 5.80. The molecule has 2 aromatic rings. The minimum absolute atomic E-state index is 0.244. The lowest BCUT2D eigenvalue weighted by Crippen LogP contribution is -2.09. The van der Waals surface area contributed by atoms with Crippen molar-refractivity contribution in [3.05, 3.63) is 54.4 Å². The molecule has 0 aliphatic carbocycles. The molecule has 1 aromatic heterocycles. The van der Waals surface area contributed by atoms with Gasteiger partial charge in [-0.25, -0.2) is 0 Å². The third-order valence-electron chi connectivity index (χ3n) is 2.97. The lowest BCUT2D eigenvalue weighted by molar-refractivity contribution is 0.217. The SMILES string of the molecule is CCC(C)Oc1cccc(NCc2cccnc2)c1. The van der Waals surface area contributed by atoms with Gasteiger partial charge in [-0.2, -0.15) is 0 Å². The van der Waals surface area contributed by atoms with Gasteiger partial charge < -0.3 is 10.1 Å². The number of ether oxygens (including phenoxy) is 1. The normalized spacial score (nSPS) is 11.9. The molecule has 0 spiro atoms. The molecular formula is C16H20N2O. The molecule has 3 nitrogen and oxygen atoms in total. The van der Waals surface area contributed by atoms with E-state index in [1.807, 2.05) is 36.5 Å². The first-order chi connectivity index (χ1) is 9.28. The van der Waals surface area contributed by atoms with Gasteiger partial charge in [-0.3, -0.25) is 4.98 Å². The highest BCUT2D eigenvalue weighted by molar-refractivity contribution is 5.48. The van der Waals surface area contributed by atoms with Crippen LogP contribution < -0.4 is 10.1 Å². The molecule has 0 fully saturated rings. The van der Waals surface area contributed by atoms with E-state index in [9.17, 15) is 0 Å². The Bertz CT molecular complexity index is 499. The second-order valence-corrected chi connectivity index (χ2v) is 4.58. The van der Waals surface area contributed by atoms with Crippen LogP contribution in [0.5, 0.6) is 5.75 Å². The van der Waals surface area contributed by atoms with Crippen molar-refractivity contribution in [1.82, 2.24) is 4.98 Å². The highest BCUT2D eigenvalue weighted by Crippen LogP contribution is 2.19. The quantitative estimate of drug-likeness (QED) is 0.852. The van der Waals surface area contributed by atoms with Gasteiger partial charge in [-0.15, -0.1) is 0 Å². The van der Waals surface area contributed by atoms with Crippen molar-refractivity contribution in [2.24, 2.45) is 0 Å². The van der Waals surface area contributed by atoms with Crippen LogP contribution in [0.15, 0.2) is 48.8 Å². The summed E-state index contributed by atoms with van der Waals surface area (Å²) in [5, 5.41) is 3.37. The van der Waals surface area contributed by atoms with Crippen LogP contribution in [0.4, 0.5) is 5.69 Å². The lowest BCUT2D eigenvalue weighted by Gasteiger charge is -2.14. The molecule has 3 heteroatoms. The van der Waals surface area contributed by atoms with Crippen LogP contribution in [0.25, 0.3) is 0 Å². The van der Waals surface area contributed by atoms with Gasteiger partial charge >= 0.3 is 0 Å². The summed E-state index contributed by atoms with van der Waals surface area (Å²) in [4.78, 5) is 4.10. The minimum Gasteiger partial charge on any atom is -0.491 e. The molecule has 0 radical (unpaired) electrons. The Morgan fingerprint density at radius 3 is 2.89 bits per heavy atom. The topological polar surface area (TPSA) is 34.1 Å². The van der Waals surface area contributed by atoms with E-state index < -0.39 is 0 Å². The van der Waals surface area contributed by atoms with Gasteiger partial charge in [0, 0.05) is 30.7 Å². The number of nitrogens with zero attached hydrogens (tertiary/aromatic N) is 1. The van der Waals surface area contributed by atoms with E-state index in [-0.39, 0.29) is 6.10 Å². The molecule has 1 heterocycles. The second kappa shape index (κ2) is 6.78. The molecule has 100 valence electrons. The number of pyridine rings is 1. The predicted molar refractivity (Wildman–Crippen MR) is 78.4 cm³/mol. The zero-order valence-corrected chi connectivity index (χ0v) is 11.5. The molecule has 1 unspecified atom stereocenters. The Kier molecular flexibility index (Phi) is 4.78. The molecule has 0 amide bonds. The van der Waals surface area contributed by atoms with Crippen molar-refractivity contribution in [3.8, 4) is 5.75 Å². The summed E-state index contributed by atoms with van der Waals surface area (Å²) in [6.07, 6.45) is 4.90. The fourth-order valence-electron chi connectivity index (χ4n) is 1.70. The first-order valence-corrected chi connectivity index (χ1v) is 6.67. The number of rotatable bonds is 6. The van der Waals surface area contributed by atoms with E-state index in [0.29, 0.717) is 0 Å². The number of benzene rings is 1. The monoisotopic (exact) mass is 256 g/mol. The van der Waals surface area contributed by atoms with E-state index in [1.54, 1.807) is 6.20 Å². The van der Waals surface area contributed by atoms with Crippen LogP contribution in [0.3, 0.4) is 0 Å². The molecule has 0 aliphatic heterocycles. The first kappa shape index (κ1) is 13.4. The third kappa shape index (κ3) is 4.28. The number of hydrogen-bond acceptors (Lipinski definition) is 3. The number of anilines is 1. The molecule has 0 saturated heterocycles. The van der Waals surface area contributed by atoms with Crippen molar-refractivity contribution < 1.29 is 4.74 Å². The van der Waals surface area contributed by atoms with Crippen molar-refractivity contribution >= 4 is 5.69 Å². The summed E-state index contributed by atoms with van der Waals surface area (Å²) in [6, 6.07) is 12.1. The second-order valence-electron chi connectivity index (χ2n) is 4.58. The smallest absolute Gasteiger partial charge is 0.121 e. The molecule has 0 bridgehead atoms. The third-order valence-corrected chi connectivity index (χ3v) is 2.97. The van der Waals surface area contributed by atoms with Crippen LogP contribution in [-0.2, 0) is 6.54 Å². The fourth-order valence-corrected chi connectivity index (χ4v) is 1.70. The van der Waals surface area contributed by atoms with Crippen molar-refractivity contribution in [1.29, 1.82) is 0 Å². The number of nitrogens with one attached hydrogen (secondary N) is 1. The van der Waals surface area contributed by atoms with E-state index >= 15 is 0 Å². The maximum atomic E-state index is 5.80. The van der Waals surface area contributed by atoms with Crippen molar-refractivity contribution in [2.45, 2.75) is 32.9 Å². The van der Waals surface area contributed by atoms with E-state index in [2.05, 4.69) is 30.2 Å². The summed E-state index contributed by atoms with van der Waals surface area (Å²) >= 11 is 0. The van der Waals surface area contributed by atoms with Crippen LogP contribution in [-0.4, -0.2) is 11.1 Å². The summed E-state index contributed by atoms with van der Waals surface area (Å²) in [5.74, 6) is 0.908. The number of hydrogen-bond donors (Lipinski definition) is 1. The summed E-state index contributed by atoms with van der Waals surface area (Å²) in [5.41, 5.74) is 2.22. The van der Waals surface area contributed by atoms with Gasteiger partial charge in [-0.1, -0.05) is 19.1 Å². The number of aromatic nitrogens is 1. The Hall–Kier alpha value is -2.03. The van der Waals surface area contributed by atoms with Gasteiger partial charge in [0.25, 0.3) is 0 Å². The molecule has 1 aromatic carbocycles. The Balaban J connectivity index is 1.95. The molecular weight excluding hydrogens is 236 g/mol. The highest BCUT2D eigenvalue weighted by atomic mass is 16.5. The average Bonchev–Trinajstić information content (AvgIpc) is 2.46. The maximum Gasteiger partial charge on any atom is 0.121 e. The molecule has 0 aliphatic rings. The molecule has 1 atom stereocenters. The fraction of sp³-hybridized carbons (Fsp3) is 0.312. The molecule has 19 heavy (non-hydrogen) atoms. The minimum atomic E-state index is 0.244. The Morgan fingerprint density at radius 2 is 2.16 bits per heavy atom.